The standard InChI is InChI=1S/C15H20F3NO/c1-10(19-9-12-3-2-4-14(12)20)11-5-7-13(8-6-11)15(16,17)18/h5-8,10,12,14,19-20H,2-4,9H2,1H3. The minimum Gasteiger partial charge on any atom is -0.393 e. The third-order valence-electron chi connectivity index (χ3n) is 4.04. The Kier molecular flexibility index (Phi) is 4.70. The normalized spacial score (nSPS) is 24.9. The van der Waals surface area contributed by atoms with Crippen molar-refractivity contribution in [2.75, 3.05) is 6.54 Å². The van der Waals surface area contributed by atoms with Gasteiger partial charge in [0.1, 0.15) is 0 Å². The van der Waals surface area contributed by atoms with Crippen molar-refractivity contribution in [1.82, 2.24) is 5.32 Å². The Labute approximate surface area is 117 Å². The minimum absolute atomic E-state index is 0.0231. The second kappa shape index (κ2) is 6.14. The highest BCUT2D eigenvalue weighted by Gasteiger charge is 2.30. The van der Waals surface area contributed by atoms with Crippen molar-refractivity contribution in [3.05, 3.63) is 35.4 Å². The molecule has 1 aliphatic rings. The second-order valence-electron chi connectivity index (χ2n) is 5.51. The Bertz CT molecular complexity index is 430. The SMILES string of the molecule is CC(NCC1CCCC1O)c1ccc(C(F)(F)F)cc1. The van der Waals surface area contributed by atoms with Gasteiger partial charge in [-0.2, -0.15) is 13.2 Å². The van der Waals surface area contributed by atoms with Crippen LogP contribution in [0.15, 0.2) is 24.3 Å². The van der Waals surface area contributed by atoms with Crippen LogP contribution in [0.4, 0.5) is 13.2 Å². The first-order valence-electron chi connectivity index (χ1n) is 6.96. The molecular weight excluding hydrogens is 267 g/mol. The fraction of sp³-hybridized carbons (Fsp3) is 0.600. The zero-order chi connectivity index (χ0) is 14.8. The van der Waals surface area contributed by atoms with Gasteiger partial charge in [-0.15, -0.1) is 0 Å². The first-order chi connectivity index (χ1) is 9.38. The zero-order valence-electron chi connectivity index (χ0n) is 11.5. The largest absolute Gasteiger partial charge is 0.416 e. The lowest BCUT2D eigenvalue weighted by Crippen LogP contribution is -2.29. The number of aliphatic hydroxyl groups is 1. The molecule has 0 aliphatic heterocycles. The number of benzene rings is 1. The number of rotatable bonds is 4. The smallest absolute Gasteiger partial charge is 0.393 e. The maximum Gasteiger partial charge on any atom is 0.416 e. The molecule has 5 heteroatoms. The van der Waals surface area contributed by atoms with Crippen LogP contribution in [0.3, 0.4) is 0 Å². The summed E-state index contributed by atoms with van der Waals surface area (Å²) in [5.41, 5.74) is 0.199. The highest BCUT2D eigenvalue weighted by Crippen LogP contribution is 2.30. The van der Waals surface area contributed by atoms with Gasteiger partial charge >= 0.3 is 6.18 Å². The molecule has 0 bridgehead atoms. The van der Waals surface area contributed by atoms with Gasteiger partial charge in [0.05, 0.1) is 11.7 Å². The number of nitrogens with one attached hydrogen (secondary N) is 1. The van der Waals surface area contributed by atoms with Crippen LogP contribution in [0.2, 0.25) is 0 Å². The first-order valence-corrected chi connectivity index (χ1v) is 6.96. The van der Waals surface area contributed by atoms with Crippen LogP contribution in [0, 0.1) is 5.92 Å². The van der Waals surface area contributed by atoms with Gasteiger partial charge in [0.2, 0.25) is 0 Å². The molecule has 3 unspecified atom stereocenters. The van der Waals surface area contributed by atoms with Gasteiger partial charge in [-0.05, 0) is 43.4 Å². The van der Waals surface area contributed by atoms with E-state index in [1.54, 1.807) is 0 Å². The molecule has 1 aliphatic carbocycles. The topological polar surface area (TPSA) is 32.3 Å². The second-order valence-corrected chi connectivity index (χ2v) is 5.51. The van der Waals surface area contributed by atoms with Crippen molar-refractivity contribution in [1.29, 1.82) is 0 Å². The first kappa shape index (κ1) is 15.3. The summed E-state index contributed by atoms with van der Waals surface area (Å²) in [4.78, 5) is 0. The molecule has 0 radical (unpaired) electrons. The molecular formula is C15H20F3NO. The van der Waals surface area contributed by atoms with Crippen molar-refractivity contribution in [2.24, 2.45) is 5.92 Å². The van der Waals surface area contributed by atoms with E-state index in [-0.39, 0.29) is 18.1 Å². The Hall–Kier alpha value is -1.07. The molecule has 20 heavy (non-hydrogen) atoms. The van der Waals surface area contributed by atoms with Crippen LogP contribution in [0.1, 0.15) is 43.4 Å². The summed E-state index contributed by atoms with van der Waals surface area (Å²) in [5.74, 6) is 0.256. The number of halogens is 3. The third kappa shape index (κ3) is 3.73. The van der Waals surface area contributed by atoms with Gasteiger partial charge in [0, 0.05) is 12.6 Å². The summed E-state index contributed by atoms with van der Waals surface area (Å²) in [7, 11) is 0. The van der Waals surface area contributed by atoms with Crippen LogP contribution in [-0.2, 0) is 6.18 Å². The molecule has 0 amide bonds. The predicted octanol–water partition coefficient (Wildman–Crippen LogP) is 3.52. The Morgan fingerprint density at radius 3 is 2.40 bits per heavy atom. The molecule has 0 aromatic heterocycles. The Morgan fingerprint density at radius 1 is 1.25 bits per heavy atom. The maximum absolute atomic E-state index is 12.5. The lowest BCUT2D eigenvalue weighted by molar-refractivity contribution is -0.137. The van der Waals surface area contributed by atoms with Crippen molar-refractivity contribution >= 4 is 0 Å². The summed E-state index contributed by atoms with van der Waals surface area (Å²) in [6, 6.07) is 5.21. The summed E-state index contributed by atoms with van der Waals surface area (Å²) in [5, 5.41) is 13.0. The lowest BCUT2D eigenvalue weighted by Gasteiger charge is -2.20. The Morgan fingerprint density at radius 2 is 1.90 bits per heavy atom. The zero-order valence-corrected chi connectivity index (χ0v) is 11.5. The molecule has 0 heterocycles. The van der Waals surface area contributed by atoms with Gasteiger partial charge in [0.15, 0.2) is 0 Å². The fourth-order valence-corrected chi connectivity index (χ4v) is 2.66. The molecule has 3 atom stereocenters. The molecule has 112 valence electrons. The molecule has 0 spiro atoms. The summed E-state index contributed by atoms with van der Waals surface area (Å²) < 4.78 is 37.4. The summed E-state index contributed by atoms with van der Waals surface area (Å²) >= 11 is 0. The molecule has 1 fully saturated rings. The van der Waals surface area contributed by atoms with E-state index < -0.39 is 11.7 Å². The maximum atomic E-state index is 12.5. The van der Waals surface area contributed by atoms with E-state index in [4.69, 9.17) is 0 Å². The molecule has 2 N–H and O–H groups in total. The van der Waals surface area contributed by atoms with Crippen molar-refractivity contribution in [3.8, 4) is 0 Å². The highest BCUT2D eigenvalue weighted by molar-refractivity contribution is 5.26. The van der Waals surface area contributed by atoms with Crippen LogP contribution in [0.5, 0.6) is 0 Å². The van der Waals surface area contributed by atoms with Gasteiger partial charge in [-0.1, -0.05) is 18.6 Å². The molecule has 2 nitrogen and oxygen atoms in total. The minimum atomic E-state index is -4.29. The average molecular weight is 287 g/mol. The van der Waals surface area contributed by atoms with E-state index >= 15 is 0 Å². The van der Waals surface area contributed by atoms with E-state index in [0.29, 0.717) is 6.54 Å². The van der Waals surface area contributed by atoms with Crippen LogP contribution < -0.4 is 5.32 Å². The van der Waals surface area contributed by atoms with E-state index in [9.17, 15) is 18.3 Å². The highest BCUT2D eigenvalue weighted by atomic mass is 19.4. The monoisotopic (exact) mass is 287 g/mol. The summed E-state index contributed by atoms with van der Waals surface area (Å²) in [6.45, 7) is 2.62. The van der Waals surface area contributed by atoms with Crippen LogP contribution in [0.25, 0.3) is 0 Å². The van der Waals surface area contributed by atoms with E-state index in [0.717, 1.165) is 37.0 Å². The van der Waals surface area contributed by atoms with Gasteiger partial charge in [-0.3, -0.25) is 0 Å². The van der Waals surface area contributed by atoms with Crippen molar-refractivity contribution in [3.63, 3.8) is 0 Å². The predicted molar refractivity (Wildman–Crippen MR) is 71.2 cm³/mol. The molecule has 1 aromatic carbocycles. The van der Waals surface area contributed by atoms with Crippen LogP contribution >= 0.6 is 0 Å². The molecule has 0 saturated heterocycles. The van der Waals surface area contributed by atoms with Crippen LogP contribution in [-0.4, -0.2) is 17.8 Å². The van der Waals surface area contributed by atoms with Crippen molar-refractivity contribution in [2.45, 2.75) is 44.5 Å². The molecule has 1 saturated carbocycles. The third-order valence-corrected chi connectivity index (χ3v) is 4.04. The summed E-state index contributed by atoms with van der Waals surface area (Å²) in [6.07, 6.45) is -1.64. The van der Waals surface area contributed by atoms with E-state index in [2.05, 4.69) is 5.32 Å². The molecule has 1 aromatic rings. The quantitative estimate of drug-likeness (QED) is 0.888. The van der Waals surface area contributed by atoms with Crippen molar-refractivity contribution < 1.29 is 18.3 Å². The molecule has 2 rings (SSSR count). The number of aliphatic hydroxyl groups excluding tert-OH is 1. The van der Waals surface area contributed by atoms with E-state index in [1.165, 1.54) is 12.1 Å². The average Bonchev–Trinajstić information content (AvgIpc) is 2.81. The van der Waals surface area contributed by atoms with Gasteiger partial charge < -0.3 is 10.4 Å². The van der Waals surface area contributed by atoms with Gasteiger partial charge in [0.25, 0.3) is 0 Å². The number of hydrogen-bond acceptors (Lipinski definition) is 2. The fourth-order valence-electron chi connectivity index (χ4n) is 2.66. The Balaban J connectivity index is 1.90. The lowest BCUT2D eigenvalue weighted by atomic mass is 10.0. The van der Waals surface area contributed by atoms with E-state index in [1.807, 2.05) is 6.92 Å². The number of alkyl halides is 3. The number of hydrogen-bond donors (Lipinski definition) is 2. The van der Waals surface area contributed by atoms with Gasteiger partial charge in [-0.25, -0.2) is 0 Å².